The molecule has 0 saturated carbocycles. The van der Waals surface area contributed by atoms with Gasteiger partial charge in [-0.05, 0) is 49.9 Å². The third-order valence-electron chi connectivity index (χ3n) is 5.88. The van der Waals surface area contributed by atoms with Gasteiger partial charge < -0.3 is 10.2 Å². The van der Waals surface area contributed by atoms with Crippen molar-refractivity contribution in [2.75, 3.05) is 13.1 Å². The minimum Gasteiger partial charge on any atom is -0.342 e. The molecule has 0 aromatic carbocycles. The SMILES string of the molecule is CC(C)(C)C1CCCN(C(=O)C2CC3CCC2N3)CC1. The maximum atomic E-state index is 12.8. The first-order chi connectivity index (χ1) is 9.45. The Labute approximate surface area is 123 Å². The van der Waals surface area contributed by atoms with Crippen LogP contribution >= 0.6 is 0 Å². The first kappa shape index (κ1) is 14.4. The third kappa shape index (κ3) is 2.74. The Morgan fingerprint density at radius 2 is 1.90 bits per heavy atom. The van der Waals surface area contributed by atoms with Gasteiger partial charge in [0.05, 0.1) is 5.92 Å². The lowest BCUT2D eigenvalue weighted by atomic mass is 9.77. The van der Waals surface area contributed by atoms with Crippen LogP contribution in [0.4, 0.5) is 0 Å². The van der Waals surface area contributed by atoms with Gasteiger partial charge >= 0.3 is 0 Å². The van der Waals surface area contributed by atoms with Crippen molar-refractivity contribution in [2.24, 2.45) is 17.3 Å². The summed E-state index contributed by atoms with van der Waals surface area (Å²) in [6.07, 6.45) is 7.22. The zero-order valence-electron chi connectivity index (χ0n) is 13.3. The Kier molecular flexibility index (Phi) is 3.83. The molecule has 0 aliphatic carbocycles. The van der Waals surface area contributed by atoms with Crippen molar-refractivity contribution < 1.29 is 4.79 Å². The molecule has 3 fully saturated rings. The lowest BCUT2D eigenvalue weighted by Gasteiger charge is -2.30. The lowest BCUT2D eigenvalue weighted by Crippen LogP contribution is -2.41. The minimum atomic E-state index is 0.278. The molecule has 3 aliphatic rings. The number of amides is 1. The van der Waals surface area contributed by atoms with Crippen LogP contribution in [0, 0.1) is 17.3 Å². The molecule has 4 atom stereocenters. The van der Waals surface area contributed by atoms with Crippen molar-refractivity contribution >= 4 is 5.91 Å². The Bertz CT molecular complexity index is 374. The summed E-state index contributed by atoms with van der Waals surface area (Å²) < 4.78 is 0. The molecule has 4 unspecified atom stereocenters. The van der Waals surface area contributed by atoms with E-state index in [1.165, 1.54) is 32.1 Å². The Balaban J connectivity index is 1.59. The van der Waals surface area contributed by atoms with Gasteiger partial charge in [-0.2, -0.15) is 0 Å². The molecule has 1 N–H and O–H groups in total. The zero-order chi connectivity index (χ0) is 14.3. The largest absolute Gasteiger partial charge is 0.342 e. The number of fused-ring (bicyclic) bond motifs is 2. The van der Waals surface area contributed by atoms with Gasteiger partial charge in [-0.1, -0.05) is 20.8 Å². The van der Waals surface area contributed by atoms with Gasteiger partial charge in [-0.3, -0.25) is 4.79 Å². The molecule has 114 valence electrons. The van der Waals surface area contributed by atoms with Gasteiger partial charge in [-0.25, -0.2) is 0 Å². The van der Waals surface area contributed by atoms with Crippen LogP contribution in [0.1, 0.15) is 59.3 Å². The van der Waals surface area contributed by atoms with Crippen LogP contribution in [0.25, 0.3) is 0 Å². The third-order valence-corrected chi connectivity index (χ3v) is 5.88. The summed E-state index contributed by atoms with van der Waals surface area (Å²) in [5, 5.41) is 3.60. The molecule has 3 heteroatoms. The summed E-state index contributed by atoms with van der Waals surface area (Å²) in [6.45, 7) is 8.99. The summed E-state index contributed by atoms with van der Waals surface area (Å²) >= 11 is 0. The smallest absolute Gasteiger partial charge is 0.227 e. The standard InChI is InChI=1S/C17H30N2O/c1-17(2,3)12-5-4-9-19(10-8-12)16(20)14-11-13-6-7-15(14)18-13/h12-15,18H,4-11H2,1-3H3. The highest BCUT2D eigenvalue weighted by molar-refractivity contribution is 5.80. The molecule has 2 bridgehead atoms. The summed E-state index contributed by atoms with van der Waals surface area (Å²) in [5.41, 5.74) is 0.382. The highest BCUT2D eigenvalue weighted by Gasteiger charge is 2.44. The van der Waals surface area contributed by atoms with E-state index in [-0.39, 0.29) is 5.92 Å². The highest BCUT2D eigenvalue weighted by Crippen LogP contribution is 2.37. The van der Waals surface area contributed by atoms with Crippen LogP contribution in [0.15, 0.2) is 0 Å². The quantitative estimate of drug-likeness (QED) is 0.800. The minimum absolute atomic E-state index is 0.278. The molecule has 0 spiro atoms. The molecule has 3 heterocycles. The van der Waals surface area contributed by atoms with Crippen molar-refractivity contribution in [1.82, 2.24) is 10.2 Å². The van der Waals surface area contributed by atoms with Crippen molar-refractivity contribution in [3.63, 3.8) is 0 Å². The highest BCUT2D eigenvalue weighted by atomic mass is 16.2. The van der Waals surface area contributed by atoms with E-state index >= 15 is 0 Å². The fourth-order valence-electron chi connectivity index (χ4n) is 4.51. The zero-order valence-corrected chi connectivity index (χ0v) is 13.3. The summed E-state index contributed by atoms with van der Waals surface area (Å²) in [7, 11) is 0. The van der Waals surface area contributed by atoms with Gasteiger partial charge in [-0.15, -0.1) is 0 Å². The van der Waals surface area contributed by atoms with E-state index in [2.05, 4.69) is 31.0 Å². The van der Waals surface area contributed by atoms with E-state index in [4.69, 9.17) is 0 Å². The number of rotatable bonds is 1. The van der Waals surface area contributed by atoms with Crippen LogP contribution in [-0.4, -0.2) is 36.0 Å². The Morgan fingerprint density at radius 1 is 1.10 bits per heavy atom. The van der Waals surface area contributed by atoms with Gasteiger partial charge in [0, 0.05) is 25.2 Å². The maximum Gasteiger partial charge on any atom is 0.227 e. The van der Waals surface area contributed by atoms with E-state index in [1.807, 2.05) is 0 Å². The van der Waals surface area contributed by atoms with Gasteiger partial charge in [0.1, 0.15) is 0 Å². The molecule has 0 aromatic heterocycles. The predicted octanol–water partition coefficient (Wildman–Crippen LogP) is 2.80. The molecular formula is C17H30N2O. The molecule has 3 nitrogen and oxygen atoms in total. The van der Waals surface area contributed by atoms with Crippen LogP contribution in [0.2, 0.25) is 0 Å². The fourth-order valence-corrected chi connectivity index (χ4v) is 4.51. The Morgan fingerprint density at radius 3 is 2.50 bits per heavy atom. The van der Waals surface area contributed by atoms with Crippen molar-refractivity contribution in [2.45, 2.75) is 71.4 Å². The number of carbonyl (C=O) groups excluding carboxylic acids is 1. The number of hydrogen-bond acceptors (Lipinski definition) is 2. The normalized spacial score (nSPS) is 38.0. The molecule has 20 heavy (non-hydrogen) atoms. The molecular weight excluding hydrogens is 248 g/mol. The summed E-state index contributed by atoms with van der Waals surface area (Å²) in [4.78, 5) is 15.0. The van der Waals surface area contributed by atoms with E-state index in [0.29, 0.717) is 23.4 Å². The molecule has 1 amide bonds. The van der Waals surface area contributed by atoms with Gasteiger partial charge in [0.15, 0.2) is 0 Å². The van der Waals surface area contributed by atoms with E-state index in [9.17, 15) is 4.79 Å². The fraction of sp³-hybridized carbons (Fsp3) is 0.941. The number of nitrogens with zero attached hydrogens (tertiary/aromatic N) is 1. The second-order valence-electron chi connectivity index (χ2n) is 8.21. The predicted molar refractivity (Wildman–Crippen MR) is 81.4 cm³/mol. The number of nitrogens with one attached hydrogen (secondary N) is 1. The molecule has 3 saturated heterocycles. The number of carbonyl (C=O) groups is 1. The second-order valence-corrected chi connectivity index (χ2v) is 8.21. The topological polar surface area (TPSA) is 32.3 Å². The van der Waals surface area contributed by atoms with Gasteiger partial charge in [0.25, 0.3) is 0 Å². The molecule has 3 rings (SSSR count). The summed E-state index contributed by atoms with van der Waals surface area (Å²) in [5.74, 6) is 1.48. The first-order valence-electron chi connectivity index (χ1n) is 8.50. The first-order valence-corrected chi connectivity index (χ1v) is 8.50. The summed E-state index contributed by atoms with van der Waals surface area (Å²) in [6, 6.07) is 1.11. The van der Waals surface area contributed by atoms with Crippen molar-refractivity contribution in [3.8, 4) is 0 Å². The average Bonchev–Trinajstić information content (AvgIpc) is 2.91. The molecule has 0 radical (unpaired) electrons. The van der Waals surface area contributed by atoms with Crippen LogP contribution in [0.5, 0.6) is 0 Å². The molecule has 3 aliphatic heterocycles. The second kappa shape index (κ2) is 5.32. The van der Waals surface area contributed by atoms with Crippen LogP contribution < -0.4 is 5.32 Å². The van der Waals surface area contributed by atoms with Crippen molar-refractivity contribution in [1.29, 1.82) is 0 Å². The van der Waals surface area contributed by atoms with Gasteiger partial charge in [0.2, 0.25) is 5.91 Å². The lowest BCUT2D eigenvalue weighted by molar-refractivity contribution is -0.136. The Hall–Kier alpha value is -0.570. The number of hydrogen-bond donors (Lipinski definition) is 1. The van der Waals surface area contributed by atoms with E-state index in [1.54, 1.807) is 0 Å². The van der Waals surface area contributed by atoms with Crippen molar-refractivity contribution in [3.05, 3.63) is 0 Å². The average molecular weight is 278 g/mol. The van der Waals surface area contributed by atoms with Crippen LogP contribution in [0.3, 0.4) is 0 Å². The molecule has 0 aromatic rings. The number of likely N-dealkylation sites (tertiary alicyclic amines) is 1. The van der Waals surface area contributed by atoms with E-state index < -0.39 is 0 Å². The van der Waals surface area contributed by atoms with E-state index in [0.717, 1.165) is 25.4 Å². The maximum absolute atomic E-state index is 12.8. The van der Waals surface area contributed by atoms with Crippen LogP contribution in [-0.2, 0) is 4.79 Å². The monoisotopic (exact) mass is 278 g/mol.